The van der Waals surface area contributed by atoms with Crippen molar-refractivity contribution in [3.63, 3.8) is 0 Å². The molecule has 1 atom stereocenters. The Kier molecular flexibility index (Phi) is 4.27. The summed E-state index contributed by atoms with van der Waals surface area (Å²) >= 11 is 3.45. The topological polar surface area (TPSA) is 47.3 Å². The number of benzene rings is 1. The van der Waals surface area contributed by atoms with Gasteiger partial charge in [-0.15, -0.1) is 0 Å². The molecule has 1 heterocycles. The standard InChI is InChI=1S/C14H17BrN2O2/c1-9-6-12(17(2)16-9)13(18)8-10-4-5-14(19-3)11(15)7-10/h4-7,13,18H,8H2,1-3H3. The number of methoxy groups -OCH3 is 1. The number of aliphatic hydroxyl groups excluding tert-OH is 1. The number of ether oxygens (including phenoxy) is 1. The predicted molar refractivity (Wildman–Crippen MR) is 77.3 cm³/mol. The van der Waals surface area contributed by atoms with Crippen LogP contribution in [0.3, 0.4) is 0 Å². The van der Waals surface area contributed by atoms with Crippen LogP contribution in [0.5, 0.6) is 5.75 Å². The van der Waals surface area contributed by atoms with Crippen molar-refractivity contribution in [1.29, 1.82) is 0 Å². The van der Waals surface area contributed by atoms with E-state index in [9.17, 15) is 5.11 Å². The zero-order chi connectivity index (χ0) is 14.0. The van der Waals surface area contributed by atoms with Crippen LogP contribution in [-0.4, -0.2) is 22.0 Å². The van der Waals surface area contributed by atoms with Crippen LogP contribution in [0.4, 0.5) is 0 Å². The lowest BCUT2D eigenvalue weighted by molar-refractivity contribution is 0.168. The Hall–Kier alpha value is -1.33. The molecule has 1 N–H and O–H groups in total. The zero-order valence-corrected chi connectivity index (χ0v) is 12.8. The van der Waals surface area contributed by atoms with E-state index < -0.39 is 6.10 Å². The Balaban J connectivity index is 2.17. The quantitative estimate of drug-likeness (QED) is 0.940. The minimum absolute atomic E-state index is 0.543. The fraction of sp³-hybridized carbons (Fsp3) is 0.357. The molecule has 0 radical (unpaired) electrons. The van der Waals surface area contributed by atoms with E-state index in [1.165, 1.54) is 0 Å². The van der Waals surface area contributed by atoms with Crippen molar-refractivity contribution < 1.29 is 9.84 Å². The Morgan fingerprint density at radius 3 is 2.68 bits per heavy atom. The molecule has 5 heteroatoms. The van der Waals surface area contributed by atoms with Crippen molar-refractivity contribution >= 4 is 15.9 Å². The highest BCUT2D eigenvalue weighted by Crippen LogP contribution is 2.27. The number of aliphatic hydroxyl groups is 1. The monoisotopic (exact) mass is 324 g/mol. The number of rotatable bonds is 4. The second-order valence-corrected chi connectivity index (χ2v) is 5.38. The van der Waals surface area contributed by atoms with E-state index in [1.807, 2.05) is 38.2 Å². The number of hydrogen-bond acceptors (Lipinski definition) is 3. The van der Waals surface area contributed by atoms with Gasteiger partial charge in [-0.1, -0.05) is 6.07 Å². The molecule has 0 saturated heterocycles. The van der Waals surface area contributed by atoms with Crippen molar-refractivity contribution in [3.05, 3.63) is 45.7 Å². The van der Waals surface area contributed by atoms with Gasteiger partial charge in [-0.25, -0.2) is 0 Å². The largest absolute Gasteiger partial charge is 0.496 e. The summed E-state index contributed by atoms with van der Waals surface area (Å²) in [4.78, 5) is 0. The summed E-state index contributed by atoms with van der Waals surface area (Å²) in [6.07, 6.45) is -0.0202. The number of aromatic nitrogens is 2. The molecule has 2 aromatic rings. The van der Waals surface area contributed by atoms with Crippen molar-refractivity contribution in [2.45, 2.75) is 19.4 Å². The minimum atomic E-state index is -0.563. The maximum absolute atomic E-state index is 10.3. The molecule has 0 saturated carbocycles. The van der Waals surface area contributed by atoms with Crippen molar-refractivity contribution in [2.75, 3.05) is 7.11 Å². The summed E-state index contributed by atoms with van der Waals surface area (Å²) in [5.74, 6) is 0.787. The molecule has 1 aromatic carbocycles. The number of halogens is 1. The van der Waals surface area contributed by atoms with Gasteiger partial charge in [0.2, 0.25) is 0 Å². The van der Waals surface area contributed by atoms with E-state index in [-0.39, 0.29) is 0 Å². The van der Waals surface area contributed by atoms with Gasteiger partial charge in [0.15, 0.2) is 0 Å². The fourth-order valence-electron chi connectivity index (χ4n) is 2.11. The van der Waals surface area contributed by atoms with E-state index in [2.05, 4.69) is 21.0 Å². The van der Waals surface area contributed by atoms with Crippen LogP contribution in [0.15, 0.2) is 28.7 Å². The lowest BCUT2D eigenvalue weighted by Crippen LogP contribution is -2.08. The van der Waals surface area contributed by atoms with E-state index in [0.717, 1.165) is 27.2 Å². The molecule has 2 rings (SSSR count). The molecule has 0 spiro atoms. The first kappa shape index (κ1) is 14.1. The third kappa shape index (κ3) is 3.16. The smallest absolute Gasteiger partial charge is 0.133 e. The van der Waals surface area contributed by atoms with Crippen LogP contribution in [0.2, 0.25) is 0 Å². The van der Waals surface area contributed by atoms with Gasteiger partial charge in [-0.3, -0.25) is 4.68 Å². The van der Waals surface area contributed by atoms with Crippen LogP contribution in [0.1, 0.15) is 23.1 Å². The zero-order valence-electron chi connectivity index (χ0n) is 11.2. The molecule has 1 aromatic heterocycles. The molecule has 0 aliphatic carbocycles. The third-order valence-corrected chi connectivity index (χ3v) is 3.64. The lowest BCUT2D eigenvalue weighted by atomic mass is 10.1. The Morgan fingerprint density at radius 1 is 1.42 bits per heavy atom. The summed E-state index contributed by atoms with van der Waals surface area (Å²) in [6, 6.07) is 7.71. The van der Waals surface area contributed by atoms with Gasteiger partial charge < -0.3 is 9.84 Å². The minimum Gasteiger partial charge on any atom is -0.496 e. The summed E-state index contributed by atoms with van der Waals surface area (Å²) in [5.41, 5.74) is 2.77. The van der Waals surface area contributed by atoms with Crippen LogP contribution >= 0.6 is 15.9 Å². The highest BCUT2D eigenvalue weighted by molar-refractivity contribution is 9.10. The normalized spacial score (nSPS) is 12.5. The van der Waals surface area contributed by atoms with Gasteiger partial charge in [-0.2, -0.15) is 5.10 Å². The first-order valence-electron chi connectivity index (χ1n) is 6.02. The Labute approximate surface area is 121 Å². The molecule has 0 fully saturated rings. The molecule has 0 amide bonds. The molecule has 0 bridgehead atoms. The summed E-state index contributed by atoms with van der Waals surface area (Å²) in [5, 5.41) is 14.5. The number of aryl methyl sites for hydroxylation is 2. The number of nitrogens with zero attached hydrogens (tertiary/aromatic N) is 2. The Bertz CT molecular complexity index is 581. The fourth-order valence-corrected chi connectivity index (χ4v) is 2.70. The molecule has 0 aliphatic rings. The molecular formula is C14H17BrN2O2. The summed E-state index contributed by atoms with van der Waals surface area (Å²) in [6.45, 7) is 1.92. The van der Waals surface area contributed by atoms with Crippen molar-refractivity contribution in [1.82, 2.24) is 9.78 Å². The van der Waals surface area contributed by atoms with Gasteiger partial charge in [0.1, 0.15) is 5.75 Å². The van der Waals surface area contributed by atoms with Crippen LogP contribution in [0, 0.1) is 6.92 Å². The molecule has 102 valence electrons. The molecule has 0 aliphatic heterocycles. The maximum Gasteiger partial charge on any atom is 0.133 e. The van der Waals surface area contributed by atoms with E-state index in [1.54, 1.807) is 11.8 Å². The average Bonchev–Trinajstić information content (AvgIpc) is 2.69. The van der Waals surface area contributed by atoms with Gasteiger partial charge in [0.05, 0.1) is 29.1 Å². The van der Waals surface area contributed by atoms with Crippen LogP contribution in [-0.2, 0) is 13.5 Å². The first-order valence-corrected chi connectivity index (χ1v) is 6.81. The van der Waals surface area contributed by atoms with Crippen molar-refractivity contribution in [2.24, 2.45) is 7.05 Å². The lowest BCUT2D eigenvalue weighted by Gasteiger charge is -2.12. The molecular weight excluding hydrogens is 308 g/mol. The first-order chi connectivity index (χ1) is 9.01. The van der Waals surface area contributed by atoms with Crippen molar-refractivity contribution in [3.8, 4) is 5.75 Å². The highest BCUT2D eigenvalue weighted by atomic mass is 79.9. The van der Waals surface area contributed by atoms with Gasteiger partial charge >= 0.3 is 0 Å². The predicted octanol–water partition coefficient (Wildman–Crippen LogP) is 2.78. The van der Waals surface area contributed by atoms with E-state index >= 15 is 0 Å². The summed E-state index contributed by atoms with van der Waals surface area (Å²) in [7, 11) is 3.47. The second-order valence-electron chi connectivity index (χ2n) is 4.52. The average molecular weight is 325 g/mol. The van der Waals surface area contributed by atoms with Gasteiger partial charge in [-0.05, 0) is 46.6 Å². The Morgan fingerprint density at radius 2 is 2.16 bits per heavy atom. The maximum atomic E-state index is 10.3. The number of hydrogen-bond donors (Lipinski definition) is 1. The molecule has 19 heavy (non-hydrogen) atoms. The SMILES string of the molecule is COc1ccc(CC(O)c2cc(C)nn2C)cc1Br. The summed E-state index contributed by atoms with van der Waals surface area (Å²) < 4.78 is 7.80. The van der Waals surface area contributed by atoms with Crippen LogP contribution < -0.4 is 4.74 Å². The van der Waals surface area contributed by atoms with Gasteiger partial charge in [0, 0.05) is 13.5 Å². The second kappa shape index (κ2) is 5.75. The highest BCUT2D eigenvalue weighted by Gasteiger charge is 2.14. The molecule has 1 unspecified atom stereocenters. The van der Waals surface area contributed by atoms with Gasteiger partial charge in [0.25, 0.3) is 0 Å². The van der Waals surface area contributed by atoms with E-state index in [0.29, 0.717) is 6.42 Å². The van der Waals surface area contributed by atoms with Crippen LogP contribution in [0.25, 0.3) is 0 Å². The van der Waals surface area contributed by atoms with E-state index in [4.69, 9.17) is 4.74 Å². The third-order valence-electron chi connectivity index (χ3n) is 3.02. The molecule has 4 nitrogen and oxygen atoms in total.